The Kier molecular flexibility index (Phi) is 7.23. The van der Waals surface area contributed by atoms with E-state index in [1.54, 1.807) is 0 Å². The van der Waals surface area contributed by atoms with Gasteiger partial charge < -0.3 is 19.9 Å². The molecule has 0 radical (unpaired) electrons. The highest BCUT2D eigenvalue weighted by Crippen LogP contribution is 2.36. The van der Waals surface area contributed by atoms with Crippen molar-refractivity contribution in [1.82, 2.24) is 20.0 Å². The predicted octanol–water partition coefficient (Wildman–Crippen LogP) is 1.04. The average Bonchev–Trinajstić information content (AvgIpc) is 3.31. The van der Waals surface area contributed by atoms with Gasteiger partial charge in [0.2, 0.25) is 5.91 Å². The maximum atomic E-state index is 12.5. The Balaban J connectivity index is 1.52. The number of nitrogens with one attached hydrogen (secondary N) is 1. The van der Waals surface area contributed by atoms with Crippen LogP contribution in [0.5, 0.6) is 0 Å². The number of carbonyl (C=O) groups excluding carboxylic acids is 2. The van der Waals surface area contributed by atoms with Crippen LogP contribution in [-0.4, -0.2) is 93.1 Å². The zero-order valence-electron chi connectivity index (χ0n) is 16.3. The van der Waals surface area contributed by atoms with E-state index in [0.717, 1.165) is 62.0 Å². The van der Waals surface area contributed by atoms with Gasteiger partial charge in [0, 0.05) is 37.6 Å². The Morgan fingerprint density at radius 1 is 1.26 bits per heavy atom. The number of ether oxygens (including phenoxy) is 1. The normalized spacial score (nSPS) is 21.0. The number of rotatable bonds is 7. The molecule has 2 fully saturated rings. The highest BCUT2D eigenvalue weighted by Gasteiger charge is 2.31. The summed E-state index contributed by atoms with van der Waals surface area (Å²) in [5.74, 6) is 0.135. The molecule has 1 aromatic heterocycles. The number of nitrogens with zero attached hydrogens (tertiary/aromatic N) is 3. The Labute approximate surface area is 165 Å². The molecule has 2 aliphatic heterocycles. The lowest BCUT2D eigenvalue weighted by Crippen LogP contribution is -2.41. The third-order valence-electron chi connectivity index (χ3n) is 5.02. The van der Waals surface area contributed by atoms with Crippen LogP contribution in [0.1, 0.15) is 33.4 Å². The first-order chi connectivity index (χ1) is 13.0. The second-order valence-electron chi connectivity index (χ2n) is 7.39. The van der Waals surface area contributed by atoms with Crippen LogP contribution in [0.3, 0.4) is 0 Å². The van der Waals surface area contributed by atoms with Gasteiger partial charge in [0.25, 0.3) is 5.91 Å². The SMILES string of the molecule is CN(C)CC(=O)N1CCC[C@@H]1c1ccc(C(=O)NCCN2CCOCC2)s1. The van der Waals surface area contributed by atoms with Crippen molar-refractivity contribution >= 4 is 23.2 Å². The lowest BCUT2D eigenvalue weighted by atomic mass is 10.2. The molecule has 8 heteroatoms. The second kappa shape index (κ2) is 9.64. The highest BCUT2D eigenvalue weighted by molar-refractivity contribution is 7.14. The van der Waals surface area contributed by atoms with Gasteiger partial charge in [0.15, 0.2) is 0 Å². The van der Waals surface area contributed by atoms with Crippen LogP contribution < -0.4 is 5.32 Å². The van der Waals surface area contributed by atoms with E-state index in [0.29, 0.717) is 13.1 Å². The molecule has 1 atom stereocenters. The summed E-state index contributed by atoms with van der Waals surface area (Å²) in [5, 5.41) is 3.01. The molecule has 0 aromatic carbocycles. The van der Waals surface area contributed by atoms with E-state index in [4.69, 9.17) is 4.74 Å². The Bertz CT molecular complexity index is 643. The molecule has 2 amide bonds. The second-order valence-corrected chi connectivity index (χ2v) is 8.51. The molecule has 0 spiro atoms. The van der Waals surface area contributed by atoms with Crippen LogP contribution in [0.25, 0.3) is 0 Å². The van der Waals surface area contributed by atoms with Gasteiger partial charge in [-0.3, -0.25) is 14.5 Å². The number of hydrogen-bond donors (Lipinski definition) is 1. The van der Waals surface area contributed by atoms with E-state index in [-0.39, 0.29) is 17.9 Å². The zero-order valence-corrected chi connectivity index (χ0v) is 17.1. The van der Waals surface area contributed by atoms with Gasteiger partial charge in [-0.1, -0.05) is 0 Å². The molecule has 0 unspecified atom stereocenters. The summed E-state index contributed by atoms with van der Waals surface area (Å²) >= 11 is 1.51. The summed E-state index contributed by atoms with van der Waals surface area (Å²) in [4.78, 5) is 32.9. The molecule has 0 bridgehead atoms. The Morgan fingerprint density at radius 2 is 2.04 bits per heavy atom. The van der Waals surface area contributed by atoms with E-state index in [1.165, 1.54) is 11.3 Å². The van der Waals surface area contributed by atoms with Gasteiger partial charge in [-0.25, -0.2) is 0 Å². The molecule has 7 nitrogen and oxygen atoms in total. The van der Waals surface area contributed by atoms with Gasteiger partial charge >= 0.3 is 0 Å². The first-order valence-electron chi connectivity index (χ1n) is 9.67. The van der Waals surface area contributed by atoms with Gasteiger partial charge in [-0.2, -0.15) is 0 Å². The van der Waals surface area contributed by atoms with Crippen LogP contribution >= 0.6 is 11.3 Å². The van der Waals surface area contributed by atoms with Crippen LogP contribution in [-0.2, 0) is 9.53 Å². The largest absolute Gasteiger partial charge is 0.379 e. The molecule has 1 N–H and O–H groups in total. The van der Waals surface area contributed by atoms with Crippen molar-refractivity contribution in [3.63, 3.8) is 0 Å². The van der Waals surface area contributed by atoms with Gasteiger partial charge in [-0.05, 0) is 39.1 Å². The standard InChI is InChI=1S/C19H30N4O3S/c1-21(2)14-18(24)23-8-3-4-15(23)16-5-6-17(27-16)19(25)20-7-9-22-10-12-26-13-11-22/h5-6,15H,3-4,7-14H2,1-2H3,(H,20,25)/t15-/m1/s1. The Morgan fingerprint density at radius 3 is 2.78 bits per heavy atom. The number of likely N-dealkylation sites (tertiary alicyclic amines) is 1. The first kappa shape index (κ1) is 20.3. The summed E-state index contributed by atoms with van der Waals surface area (Å²) in [6.07, 6.45) is 1.99. The van der Waals surface area contributed by atoms with E-state index < -0.39 is 0 Å². The summed E-state index contributed by atoms with van der Waals surface area (Å²) < 4.78 is 5.34. The fourth-order valence-corrected chi connectivity index (χ4v) is 4.69. The first-order valence-corrected chi connectivity index (χ1v) is 10.5. The van der Waals surface area contributed by atoms with E-state index in [2.05, 4.69) is 10.2 Å². The van der Waals surface area contributed by atoms with Crippen LogP contribution in [0.4, 0.5) is 0 Å². The van der Waals surface area contributed by atoms with Gasteiger partial charge in [0.05, 0.1) is 30.7 Å². The highest BCUT2D eigenvalue weighted by atomic mass is 32.1. The predicted molar refractivity (Wildman–Crippen MR) is 106 cm³/mol. The molecule has 0 aliphatic carbocycles. The van der Waals surface area contributed by atoms with Crippen LogP contribution in [0, 0.1) is 0 Å². The molecule has 150 valence electrons. The molecule has 2 aliphatic rings. The molecule has 3 rings (SSSR count). The minimum absolute atomic E-state index is 0.0244. The van der Waals surface area contributed by atoms with Crippen molar-refractivity contribution < 1.29 is 14.3 Å². The number of thiophene rings is 1. The molecular weight excluding hydrogens is 364 g/mol. The fourth-order valence-electron chi connectivity index (χ4n) is 3.62. The summed E-state index contributed by atoms with van der Waals surface area (Å²) in [6.45, 7) is 6.12. The number of likely N-dealkylation sites (N-methyl/N-ethyl adjacent to an activating group) is 1. The molecule has 27 heavy (non-hydrogen) atoms. The molecule has 0 saturated carbocycles. The third kappa shape index (κ3) is 5.51. The molecule has 1 aromatic rings. The minimum atomic E-state index is -0.0244. The zero-order chi connectivity index (χ0) is 19.2. The Hall–Kier alpha value is -1.48. The quantitative estimate of drug-likeness (QED) is 0.749. The lowest BCUT2D eigenvalue weighted by molar-refractivity contribution is -0.132. The van der Waals surface area contributed by atoms with Crippen LogP contribution in [0.2, 0.25) is 0 Å². The van der Waals surface area contributed by atoms with Gasteiger partial charge in [0.1, 0.15) is 0 Å². The monoisotopic (exact) mass is 394 g/mol. The summed E-state index contributed by atoms with van der Waals surface area (Å²) in [5.41, 5.74) is 0. The van der Waals surface area contributed by atoms with Crippen molar-refractivity contribution in [1.29, 1.82) is 0 Å². The number of carbonyl (C=O) groups is 2. The maximum absolute atomic E-state index is 12.5. The fraction of sp³-hybridized carbons (Fsp3) is 0.684. The van der Waals surface area contributed by atoms with Crippen molar-refractivity contribution in [2.45, 2.75) is 18.9 Å². The van der Waals surface area contributed by atoms with Gasteiger partial charge in [-0.15, -0.1) is 11.3 Å². The van der Waals surface area contributed by atoms with Crippen molar-refractivity contribution in [2.24, 2.45) is 0 Å². The lowest BCUT2D eigenvalue weighted by Gasteiger charge is -2.26. The molecule has 3 heterocycles. The maximum Gasteiger partial charge on any atom is 0.261 e. The number of hydrogen-bond acceptors (Lipinski definition) is 6. The smallest absolute Gasteiger partial charge is 0.261 e. The summed E-state index contributed by atoms with van der Waals surface area (Å²) in [6, 6.07) is 4.00. The summed E-state index contributed by atoms with van der Waals surface area (Å²) in [7, 11) is 3.82. The van der Waals surface area contributed by atoms with E-state index in [9.17, 15) is 9.59 Å². The van der Waals surface area contributed by atoms with Crippen molar-refractivity contribution in [3.8, 4) is 0 Å². The molecule has 2 saturated heterocycles. The van der Waals surface area contributed by atoms with E-state index in [1.807, 2.05) is 36.0 Å². The van der Waals surface area contributed by atoms with E-state index >= 15 is 0 Å². The number of morpholine rings is 1. The topological polar surface area (TPSA) is 65.1 Å². The minimum Gasteiger partial charge on any atom is -0.379 e. The van der Waals surface area contributed by atoms with Crippen LogP contribution in [0.15, 0.2) is 12.1 Å². The van der Waals surface area contributed by atoms with Crippen molar-refractivity contribution in [3.05, 3.63) is 21.9 Å². The molecular formula is C19H30N4O3S. The average molecular weight is 395 g/mol. The number of amides is 2. The third-order valence-corrected chi connectivity index (χ3v) is 6.21. The van der Waals surface area contributed by atoms with Crippen molar-refractivity contribution in [2.75, 3.05) is 66.6 Å².